The van der Waals surface area contributed by atoms with Crippen LogP contribution in [0.2, 0.25) is 5.02 Å². The second kappa shape index (κ2) is 8.44. The van der Waals surface area contributed by atoms with Crippen LogP contribution in [0.25, 0.3) is 0 Å². The van der Waals surface area contributed by atoms with E-state index in [-0.39, 0.29) is 11.2 Å². The highest BCUT2D eigenvalue weighted by Crippen LogP contribution is 2.46. The molecule has 0 fully saturated rings. The normalized spacial score (nSPS) is 20.2. The van der Waals surface area contributed by atoms with E-state index in [0.717, 1.165) is 29.1 Å². The number of nitrogens with zero attached hydrogens (tertiary/aromatic N) is 2. The van der Waals surface area contributed by atoms with E-state index in [9.17, 15) is 9.90 Å². The Balaban J connectivity index is 1.97. The molecule has 0 saturated carbocycles. The average molecular weight is 391 g/mol. The van der Waals surface area contributed by atoms with Crippen LogP contribution in [-0.4, -0.2) is 49.2 Å². The van der Waals surface area contributed by atoms with Crippen LogP contribution in [0.3, 0.4) is 0 Å². The van der Waals surface area contributed by atoms with Crippen LogP contribution >= 0.6 is 23.4 Å². The van der Waals surface area contributed by atoms with Crippen LogP contribution in [0, 0.1) is 0 Å². The summed E-state index contributed by atoms with van der Waals surface area (Å²) in [4.78, 5) is 17.8. The minimum Gasteiger partial charge on any atom is -0.382 e. The van der Waals surface area contributed by atoms with Crippen LogP contribution in [0.5, 0.6) is 0 Å². The van der Waals surface area contributed by atoms with E-state index >= 15 is 0 Å². The maximum absolute atomic E-state index is 13.1. The van der Waals surface area contributed by atoms with Crippen molar-refractivity contribution >= 4 is 35.0 Å². The van der Waals surface area contributed by atoms with E-state index in [1.54, 1.807) is 4.90 Å². The molecule has 0 spiro atoms. The second-order valence-electron chi connectivity index (χ2n) is 6.65. The molecule has 6 heteroatoms. The first kappa shape index (κ1) is 19.2. The van der Waals surface area contributed by atoms with E-state index in [2.05, 4.69) is 4.90 Å². The summed E-state index contributed by atoms with van der Waals surface area (Å²) in [7, 11) is 4.01. The molecule has 1 heterocycles. The molecule has 1 aliphatic heterocycles. The lowest BCUT2D eigenvalue weighted by Crippen LogP contribution is -2.41. The SMILES string of the molecule is CN(C)CCCN1C(=O)C(O)C(c2ccccc2)Sc2ccc(Cl)cc21. The fourth-order valence-corrected chi connectivity index (χ4v) is 4.49. The molecule has 1 aliphatic rings. The lowest BCUT2D eigenvalue weighted by molar-refractivity contribution is -0.126. The van der Waals surface area contributed by atoms with Crippen LogP contribution in [-0.2, 0) is 4.79 Å². The van der Waals surface area contributed by atoms with E-state index in [4.69, 9.17) is 11.6 Å². The fourth-order valence-electron chi connectivity index (χ4n) is 3.08. The van der Waals surface area contributed by atoms with Gasteiger partial charge in [0, 0.05) is 16.5 Å². The molecule has 0 radical (unpaired) electrons. The molecule has 1 N–H and O–H groups in total. The van der Waals surface area contributed by atoms with Crippen molar-refractivity contribution in [1.29, 1.82) is 0 Å². The fraction of sp³-hybridized carbons (Fsp3) is 0.350. The topological polar surface area (TPSA) is 43.8 Å². The maximum atomic E-state index is 13.1. The van der Waals surface area contributed by atoms with Crippen LogP contribution < -0.4 is 4.90 Å². The third-order valence-electron chi connectivity index (χ3n) is 4.39. The molecule has 2 aromatic carbocycles. The largest absolute Gasteiger partial charge is 0.382 e. The third kappa shape index (κ3) is 4.23. The van der Waals surface area contributed by atoms with Gasteiger partial charge in [0.1, 0.15) is 6.10 Å². The Kier molecular flexibility index (Phi) is 6.24. The summed E-state index contributed by atoms with van der Waals surface area (Å²) in [6, 6.07) is 15.3. The molecule has 138 valence electrons. The highest BCUT2D eigenvalue weighted by Gasteiger charge is 2.37. The van der Waals surface area contributed by atoms with Crippen molar-refractivity contribution in [3.8, 4) is 0 Å². The number of thioether (sulfide) groups is 1. The molecule has 0 aliphatic carbocycles. The molecule has 1 amide bonds. The van der Waals surface area contributed by atoms with Crippen molar-refractivity contribution in [2.24, 2.45) is 0 Å². The van der Waals surface area contributed by atoms with Gasteiger partial charge in [-0.1, -0.05) is 41.9 Å². The number of fused-ring (bicyclic) bond motifs is 1. The van der Waals surface area contributed by atoms with Gasteiger partial charge in [-0.2, -0.15) is 0 Å². The van der Waals surface area contributed by atoms with E-state index in [1.165, 1.54) is 11.8 Å². The Morgan fingerprint density at radius 3 is 2.62 bits per heavy atom. The van der Waals surface area contributed by atoms with Crippen LogP contribution in [0.15, 0.2) is 53.4 Å². The highest BCUT2D eigenvalue weighted by molar-refractivity contribution is 7.99. The molecule has 0 saturated heterocycles. The molecule has 26 heavy (non-hydrogen) atoms. The predicted octanol–water partition coefficient (Wildman–Crippen LogP) is 3.83. The smallest absolute Gasteiger partial charge is 0.257 e. The first-order valence-electron chi connectivity index (χ1n) is 8.62. The van der Waals surface area contributed by atoms with Gasteiger partial charge in [0.2, 0.25) is 0 Å². The summed E-state index contributed by atoms with van der Waals surface area (Å²) < 4.78 is 0. The lowest BCUT2D eigenvalue weighted by atomic mass is 10.1. The summed E-state index contributed by atoms with van der Waals surface area (Å²) in [5.74, 6) is -0.272. The number of carbonyl (C=O) groups excluding carboxylic acids is 1. The molecule has 0 aromatic heterocycles. The van der Waals surface area contributed by atoms with Gasteiger partial charge < -0.3 is 14.9 Å². The first-order valence-corrected chi connectivity index (χ1v) is 9.88. The first-order chi connectivity index (χ1) is 12.5. The number of aliphatic hydroxyl groups is 1. The molecule has 2 atom stereocenters. The van der Waals surface area contributed by atoms with Gasteiger partial charge in [-0.25, -0.2) is 0 Å². The van der Waals surface area contributed by atoms with Gasteiger partial charge >= 0.3 is 0 Å². The summed E-state index contributed by atoms with van der Waals surface area (Å²) >= 11 is 7.71. The highest BCUT2D eigenvalue weighted by atomic mass is 35.5. The molecule has 2 aromatic rings. The van der Waals surface area contributed by atoms with Gasteiger partial charge in [-0.05, 0) is 50.8 Å². The van der Waals surface area contributed by atoms with Crippen molar-refractivity contribution in [2.45, 2.75) is 22.7 Å². The summed E-state index contributed by atoms with van der Waals surface area (Å²) in [6.45, 7) is 1.41. The molecular formula is C20H23ClN2O2S. The van der Waals surface area contributed by atoms with Gasteiger partial charge in [-0.15, -0.1) is 11.8 Å². The zero-order valence-corrected chi connectivity index (χ0v) is 16.5. The van der Waals surface area contributed by atoms with Gasteiger partial charge in [-0.3, -0.25) is 4.79 Å². The molecule has 4 nitrogen and oxygen atoms in total. The Morgan fingerprint density at radius 2 is 1.92 bits per heavy atom. The predicted molar refractivity (Wildman–Crippen MR) is 108 cm³/mol. The number of aliphatic hydroxyl groups excluding tert-OH is 1. The zero-order chi connectivity index (χ0) is 18.7. The van der Waals surface area contributed by atoms with E-state index in [0.29, 0.717) is 11.6 Å². The van der Waals surface area contributed by atoms with Crippen LogP contribution in [0.1, 0.15) is 17.2 Å². The van der Waals surface area contributed by atoms with Gasteiger partial charge in [0.15, 0.2) is 0 Å². The van der Waals surface area contributed by atoms with E-state index < -0.39 is 6.10 Å². The Morgan fingerprint density at radius 1 is 1.19 bits per heavy atom. The monoisotopic (exact) mass is 390 g/mol. The van der Waals surface area contributed by atoms with Crippen molar-refractivity contribution < 1.29 is 9.90 Å². The Labute approximate surface area is 163 Å². The quantitative estimate of drug-likeness (QED) is 0.842. The number of anilines is 1. The van der Waals surface area contributed by atoms with Crippen molar-refractivity contribution in [3.63, 3.8) is 0 Å². The maximum Gasteiger partial charge on any atom is 0.257 e. The Bertz CT molecular complexity index is 770. The number of hydrogen-bond acceptors (Lipinski definition) is 4. The molecule has 2 unspecified atom stereocenters. The molecular weight excluding hydrogens is 368 g/mol. The van der Waals surface area contributed by atoms with Crippen molar-refractivity contribution in [3.05, 3.63) is 59.1 Å². The molecule has 3 rings (SSSR count). The minimum absolute atomic E-state index is 0.272. The van der Waals surface area contributed by atoms with Gasteiger partial charge in [0.25, 0.3) is 5.91 Å². The van der Waals surface area contributed by atoms with Gasteiger partial charge in [0.05, 0.1) is 10.9 Å². The summed E-state index contributed by atoms with van der Waals surface area (Å²) in [6.07, 6.45) is -0.286. The standard InChI is InChI=1S/C20H23ClN2O2S/c1-22(2)11-6-12-23-16-13-15(21)9-10-17(16)26-19(18(24)20(23)25)14-7-4-3-5-8-14/h3-5,7-10,13,18-19,24H,6,11-12H2,1-2H3. The number of amides is 1. The summed E-state index contributed by atoms with van der Waals surface area (Å²) in [5, 5.41) is 11.1. The zero-order valence-electron chi connectivity index (χ0n) is 14.9. The van der Waals surface area contributed by atoms with Crippen LogP contribution in [0.4, 0.5) is 5.69 Å². The van der Waals surface area contributed by atoms with Crippen molar-refractivity contribution in [1.82, 2.24) is 4.90 Å². The number of halogens is 1. The lowest BCUT2D eigenvalue weighted by Gasteiger charge is -2.25. The number of hydrogen-bond donors (Lipinski definition) is 1. The number of benzene rings is 2. The Hall–Kier alpha value is -1.53. The minimum atomic E-state index is -1.10. The third-order valence-corrected chi connectivity index (χ3v) is 6.00. The molecule has 0 bridgehead atoms. The average Bonchev–Trinajstić information content (AvgIpc) is 2.72. The van der Waals surface area contributed by atoms with E-state index in [1.807, 2.05) is 62.6 Å². The summed E-state index contributed by atoms with van der Waals surface area (Å²) in [5.41, 5.74) is 1.72. The second-order valence-corrected chi connectivity index (χ2v) is 8.27. The number of carbonyl (C=O) groups is 1. The number of rotatable bonds is 5. The van der Waals surface area contributed by atoms with Crippen molar-refractivity contribution in [2.75, 3.05) is 32.1 Å².